The summed E-state index contributed by atoms with van der Waals surface area (Å²) in [5.74, 6) is 0. The average Bonchev–Trinajstić information content (AvgIpc) is 2.08. The first-order chi connectivity index (χ1) is 5.85. The molecule has 0 unspecified atom stereocenters. The smallest absolute Gasteiger partial charge is 0.0167 e. The van der Waals surface area contributed by atoms with Crippen LogP contribution in [0.4, 0.5) is 0 Å². The zero-order valence-corrected chi connectivity index (χ0v) is 8.04. The Labute approximate surface area is 75.1 Å². The summed E-state index contributed by atoms with van der Waals surface area (Å²) < 4.78 is 0. The van der Waals surface area contributed by atoms with Crippen molar-refractivity contribution in [3.63, 3.8) is 0 Å². The molecule has 0 saturated carbocycles. The van der Waals surface area contributed by atoms with Crippen LogP contribution in [0.25, 0.3) is 6.08 Å². The summed E-state index contributed by atoms with van der Waals surface area (Å²) in [6.45, 7) is 2.02. The maximum absolute atomic E-state index is 2.75. The van der Waals surface area contributed by atoms with Crippen LogP contribution in [0.15, 0.2) is 36.4 Å². The van der Waals surface area contributed by atoms with Crippen LogP contribution in [0.2, 0.25) is 0 Å². The Morgan fingerprint density at radius 2 is 1.58 bits per heavy atom. The fraction of sp³-hybridized carbons (Fsp3) is 0.273. The number of hydrogen-bond donors (Lipinski definition) is 1. The molecule has 0 bridgehead atoms. The molecule has 0 heterocycles. The van der Waals surface area contributed by atoms with Crippen LogP contribution < -0.4 is 5.32 Å². The summed E-state index contributed by atoms with van der Waals surface area (Å²) in [6, 6.07) is 10.3. The molecule has 0 aliphatic rings. The second-order valence-corrected chi connectivity index (χ2v) is 2.41. The van der Waals surface area contributed by atoms with Gasteiger partial charge in [-0.1, -0.05) is 42.5 Å². The first-order valence-electron chi connectivity index (χ1n) is 4.11. The van der Waals surface area contributed by atoms with E-state index in [9.17, 15) is 0 Å². The van der Waals surface area contributed by atoms with Gasteiger partial charge in [0.1, 0.15) is 0 Å². The number of nitrogens with one attached hydrogen (secondary N) is 1. The highest BCUT2D eigenvalue weighted by molar-refractivity contribution is 5.47. The molecule has 0 aliphatic carbocycles. The lowest BCUT2D eigenvalue weighted by Crippen LogP contribution is -1.89. The van der Waals surface area contributed by atoms with Crippen LogP contribution in [0.3, 0.4) is 0 Å². The van der Waals surface area contributed by atoms with Crippen molar-refractivity contribution in [2.75, 3.05) is 14.1 Å². The lowest BCUT2D eigenvalue weighted by molar-refractivity contribution is 1.02. The van der Waals surface area contributed by atoms with Crippen molar-refractivity contribution in [3.05, 3.63) is 42.0 Å². The summed E-state index contributed by atoms with van der Waals surface area (Å²) in [4.78, 5) is 0. The molecule has 1 aromatic rings. The molecule has 0 radical (unpaired) electrons. The summed E-state index contributed by atoms with van der Waals surface area (Å²) in [5, 5.41) is 2.75. The third kappa shape index (κ3) is 5.69. The van der Waals surface area contributed by atoms with Crippen molar-refractivity contribution >= 4 is 6.08 Å². The topological polar surface area (TPSA) is 12.0 Å². The van der Waals surface area contributed by atoms with E-state index in [1.54, 1.807) is 0 Å². The molecule has 0 spiro atoms. The fourth-order valence-electron chi connectivity index (χ4n) is 0.757. The predicted octanol–water partition coefficient (Wildman–Crippen LogP) is 2.56. The van der Waals surface area contributed by atoms with Gasteiger partial charge in [-0.3, -0.25) is 0 Å². The largest absolute Gasteiger partial charge is 0.323 e. The molecular formula is C11H17N. The van der Waals surface area contributed by atoms with Crippen LogP contribution >= 0.6 is 0 Å². The van der Waals surface area contributed by atoms with Crippen molar-refractivity contribution in [2.45, 2.75) is 6.92 Å². The molecule has 0 atom stereocenters. The Bertz CT molecular complexity index is 202. The van der Waals surface area contributed by atoms with Crippen molar-refractivity contribution in [3.8, 4) is 0 Å². The minimum absolute atomic E-state index is 1.26. The molecule has 66 valence electrons. The predicted molar refractivity (Wildman–Crippen MR) is 56.1 cm³/mol. The Hall–Kier alpha value is -1.08. The van der Waals surface area contributed by atoms with Gasteiger partial charge in [0.05, 0.1) is 0 Å². The molecule has 0 fully saturated rings. The van der Waals surface area contributed by atoms with E-state index in [2.05, 4.69) is 23.5 Å². The molecule has 12 heavy (non-hydrogen) atoms. The molecule has 1 rings (SSSR count). The van der Waals surface area contributed by atoms with Gasteiger partial charge in [0, 0.05) is 0 Å². The fourth-order valence-corrected chi connectivity index (χ4v) is 0.757. The second kappa shape index (κ2) is 8.02. The van der Waals surface area contributed by atoms with Crippen LogP contribution in [0.5, 0.6) is 0 Å². The van der Waals surface area contributed by atoms with E-state index in [1.807, 2.05) is 45.3 Å². The molecule has 0 aromatic heterocycles. The molecule has 1 aromatic carbocycles. The van der Waals surface area contributed by atoms with Crippen molar-refractivity contribution in [2.24, 2.45) is 0 Å². The lowest BCUT2D eigenvalue weighted by Gasteiger charge is -1.86. The van der Waals surface area contributed by atoms with Gasteiger partial charge in [-0.15, -0.1) is 0 Å². The van der Waals surface area contributed by atoms with Crippen LogP contribution in [-0.2, 0) is 0 Å². The van der Waals surface area contributed by atoms with Crippen LogP contribution in [0, 0.1) is 0 Å². The Balaban J connectivity index is 0.000000354. The maximum atomic E-state index is 2.75. The number of hydrogen-bond acceptors (Lipinski definition) is 1. The minimum atomic E-state index is 1.26. The highest BCUT2D eigenvalue weighted by Crippen LogP contribution is 1.99. The van der Waals surface area contributed by atoms with E-state index in [0.717, 1.165) is 0 Å². The summed E-state index contributed by atoms with van der Waals surface area (Å²) in [6.07, 6.45) is 4.12. The number of allylic oxidation sites excluding steroid dienone is 1. The highest BCUT2D eigenvalue weighted by atomic mass is 14.7. The molecule has 0 aliphatic heterocycles. The van der Waals surface area contributed by atoms with E-state index in [0.29, 0.717) is 0 Å². The van der Waals surface area contributed by atoms with E-state index in [4.69, 9.17) is 0 Å². The van der Waals surface area contributed by atoms with Gasteiger partial charge in [-0.25, -0.2) is 0 Å². The van der Waals surface area contributed by atoms with Crippen molar-refractivity contribution in [1.82, 2.24) is 5.32 Å². The van der Waals surface area contributed by atoms with Crippen LogP contribution in [-0.4, -0.2) is 14.1 Å². The van der Waals surface area contributed by atoms with E-state index >= 15 is 0 Å². The minimum Gasteiger partial charge on any atom is -0.323 e. The standard InChI is InChI=1S/C9H10.C2H7N/c1-2-6-9-7-4-3-5-8-9;1-3-2/h2-8H,1H3;3H,1-2H3. The number of benzene rings is 1. The van der Waals surface area contributed by atoms with Gasteiger partial charge < -0.3 is 5.32 Å². The molecule has 0 amide bonds. The van der Waals surface area contributed by atoms with Gasteiger partial charge in [0.2, 0.25) is 0 Å². The third-order valence-electron chi connectivity index (χ3n) is 1.16. The summed E-state index contributed by atoms with van der Waals surface area (Å²) >= 11 is 0. The van der Waals surface area contributed by atoms with Crippen molar-refractivity contribution < 1.29 is 0 Å². The molecular weight excluding hydrogens is 146 g/mol. The van der Waals surface area contributed by atoms with E-state index in [1.165, 1.54) is 5.56 Å². The summed E-state index contributed by atoms with van der Waals surface area (Å²) in [7, 11) is 3.75. The SMILES string of the molecule is CC=Cc1ccccc1.CNC. The Morgan fingerprint density at radius 3 is 2.00 bits per heavy atom. The molecule has 1 heteroatoms. The zero-order valence-electron chi connectivity index (χ0n) is 8.04. The molecule has 0 saturated heterocycles. The monoisotopic (exact) mass is 163 g/mol. The Kier molecular flexibility index (Phi) is 7.30. The number of rotatable bonds is 1. The highest BCUT2D eigenvalue weighted by Gasteiger charge is 1.77. The second-order valence-electron chi connectivity index (χ2n) is 2.41. The molecule has 1 N–H and O–H groups in total. The maximum Gasteiger partial charge on any atom is -0.0167 e. The van der Waals surface area contributed by atoms with Gasteiger partial charge in [-0.2, -0.15) is 0 Å². The zero-order chi connectivity index (χ0) is 9.23. The first kappa shape index (κ1) is 10.9. The van der Waals surface area contributed by atoms with Gasteiger partial charge in [0.15, 0.2) is 0 Å². The van der Waals surface area contributed by atoms with Gasteiger partial charge in [0.25, 0.3) is 0 Å². The molecule has 1 nitrogen and oxygen atoms in total. The quantitative estimate of drug-likeness (QED) is 0.671. The van der Waals surface area contributed by atoms with E-state index in [-0.39, 0.29) is 0 Å². The average molecular weight is 163 g/mol. The normalized spacial score (nSPS) is 9.25. The van der Waals surface area contributed by atoms with Crippen LogP contribution in [0.1, 0.15) is 12.5 Å². The lowest BCUT2D eigenvalue weighted by atomic mass is 10.2. The third-order valence-corrected chi connectivity index (χ3v) is 1.16. The summed E-state index contributed by atoms with van der Waals surface area (Å²) in [5.41, 5.74) is 1.26. The Morgan fingerprint density at radius 1 is 1.08 bits per heavy atom. The first-order valence-corrected chi connectivity index (χ1v) is 4.11. The van der Waals surface area contributed by atoms with Gasteiger partial charge in [-0.05, 0) is 26.6 Å². The van der Waals surface area contributed by atoms with Crippen molar-refractivity contribution in [1.29, 1.82) is 0 Å². The van der Waals surface area contributed by atoms with E-state index < -0.39 is 0 Å². The van der Waals surface area contributed by atoms with Gasteiger partial charge >= 0.3 is 0 Å².